The van der Waals surface area contributed by atoms with Crippen LogP contribution >= 0.6 is 0 Å². The lowest BCUT2D eigenvalue weighted by molar-refractivity contribution is -0.709. The first kappa shape index (κ1) is 16.2. The van der Waals surface area contributed by atoms with E-state index in [4.69, 9.17) is 9.94 Å². The van der Waals surface area contributed by atoms with Crippen molar-refractivity contribution in [1.29, 1.82) is 0 Å². The molecular weight excluding hydrogens is 316 g/mol. The third kappa shape index (κ3) is 2.78. The van der Waals surface area contributed by atoms with Gasteiger partial charge in [-0.2, -0.15) is 0 Å². The number of aliphatic hydroxyl groups excluding tert-OH is 1. The molecule has 0 saturated carbocycles. The Balaban J connectivity index is 1.66. The van der Waals surface area contributed by atoms with Gasteiger partial charge in [0.1, 0.15) is 0 Å². The smallest absolute Gasteiger partial charge is 0.264 e. The van der Waals surface area contributed by atoms with Crippen molar-refractivity contribution in [3.8, 4) is 0 Å². The van der Waals surface area contributed by atoms with Gasteiger partial charge in [-0.05, 0) is 25.5 Å². The van der Waals surface area contributed by atoms with Gasteiger partial charge in [0.15, 0.2) is 0 Å². The second-order valence-electron chi connectivity index (χ2n) is 5.81. The molecule has 2 amide bonds. The van der Waals surface area contributed by atoms with Gasteiger partial charge >= 0.3 is 0 Å². The molecule has 0 aliphatic carbocycles. The highest BCUT2D eigenvalue weighted by Crippen LogP contribution is 2.25. The zero-order valence-electron chi connectivity index (χ0n) is 13.2. The van der Waals surface area contributed by atoms with Gasteiger partial charge in [-0.25, -0.2) is 4.90 Å². The fourth-order valence-corrected chi connectivity index (χ4v) is 2.86. The van der Waals surface area contributed by atoms with E-state index in [-0.39, 0.29) is 12.5 Å². The first-order valence-electron chi connectivity index (χ1n) is 7.69. The van der Waals surface area contributed by atoms with Gasteiger partial charge in [-0.3, -0.25) is 9.59 Å². The molecule has 1 saturated heterocycles. The molecule has 2 heterocycles. The Labute approximate surface area is 138 Å². The standard InChI is InChI=1S/C15H18N4O5/c1-10(24-16-19(23)17-7-6-11(8-17)9-20)18-14(21)12-4-2-3-5-13(12)15(18)22/h2-5,10-11,20H,6-9H2,1H3. The summed E-state index contributed by atoms with van der Waals surface area (Å²) in [5.41, 5.74) is 0.615. The molecule has 2 aliphatic heterocycles. The first-order chi connectivity index (χ1) is 11.5. The summed E-state index contributed by atoms with van der Waals surface area (Å²) in [6.45, 7) is 2.33. The Morgan fingerprint density at radius 2 is 2.00 bits per heavy atom. The quantitative estimate of drug-likeness (QED) is 0.368. The Hall–Kier alpha value is -2.68. The van der Waals surface area contributed by atoms with Crippen LogP contribution in [0, 0.1) is 11.1 Å². The maximum atomic E-state index is 12.3. The predicted molar refractivity (Wildman–Crippen MR) is 80.3 cm³/mol. The van der Waals surface area contributed by atoms with Crippen molar-refractivity contribution >= 4 is 11.8 Å². The molecule has 24 heavy (non-hydrogen) atoms. The second kappa shape index (κ2) is 6.44. The van der Waals surface area contributed by atoms with E-state index in [2.05, 4.69) is 5.28 Å². The van der Waals surface area contributed by atoms with Crippen molar-refractivity contribution in [2.45, 2.75) is 19.6 Å². The van der Waals surface area contributed by atoms with Gasteiger partial charge in [-0.1, -0.05) is 12.1 Å². The number of carbonyl (C=O) groups is 2. The van der Waals surface area contributed by atoms with Crippen LogP contribution < -0.4 is 0 Å². The number of aliphatic hydroxyl groups is 1. The first-order valence-corrected chi connectivity index (χ1v) is 7.69. The lowest BCUT2D eigenvalue weighted by Gasteiger charge is -2.19. The van der Waals surface area contributed by atoms with Crippen molar-refractivity contribution in [2.24, 2.45) is 11.2 Å². The van der Waals surface area contributed by atoms with E-state index in [1.54, 1.807) is 24.3 Å². The highest BCUT2D eigenvalue weighted by atomic mass is 16.7. The third-order valence-electron chi connectivity index (χ3n) is 4.22. The SMILES string of the molecule is CC(ON=[N+]([O-])N1CCC(CO)C1)N1C(=O)c2ccccc2C1=O. The maximum Gasteiger partial charge on any atom is 0.264 e. The molecule has 0 radical (unpaired) electrons. The van der Waals surface area contributed by atoms with Crippen LogP contribution in [-0.4, -0.2) is 57.7 Å². The summed E-state index contributed by atoms with van der Waals surface area (Å²) in [7, 11) is 0. The van der Waals surface area contributed by atoms with E-state index in [1.807, 2.05) is 0 Å². The molecule has 0 spiro atoms. The molecule has 2 unspecified atom stereocenters. The summed E-state index contributed by atoms with van der Waals surface area (Å²) in [6, 6.07) is 6.48. The normalized spacial score (nSPS) is 22.1. The molecule has 1 aromatic rings. The number of rotatable bonds is 5. The number of nitrogens with zero attached hydrogens (tertiary/aromatic N) is 4. The number of amides is 2. The lowest BCUT2D eigenvalue weighted by Crippen LogP contribution is -2.39. The number of imide groups is 1. The van der Waals surface area contributed by atoms with E-state index in [1.165, 1.54) is 11.9 Å². The fraction of sp³-hybridized carbons (Fsp3) is 0.467. The molecule has 2 atom stereocenters. The van der Waals surface area contributed by atoms with Crippen molar-refractivity contribution in [1.82, 2.24) is 9.91 Å². The molecule has 0 bridgehead atoms. The molecule has 9 heteroatoms. The summed E-state index contributed by atoms with van der Waals surface area (Å²) in [4.78, 5) is 30.9. The number of carbonyl (C=O) groups excluding carboxylic acids is 2. The van der Waals surface area contributed by atoms with Gasteiger partial charge in [0.25, 0.3) is 11.8 Å². The van der Waals surface area contributed by atoms with E-state index in [0.717, 1.165) is 4.90 Å². The van der Waals surface area contributed by atoms with Crippen LogP contribution in [0.2, 0.25) is 0 Å². The average Bonchev–Trinajstić information content (AvgIpc) is 3.17. The van der Waals surface area contributed by atoms with Gasteiger partial charge in [0, 0.05) is 12.5 Å². The molecule has 0 aromatic heterocycles. The zero-order chi connectivity index (χ0) is 17.3. The largest absolute Gasteiger partial charge is 0.569 e. The monoisotopic (exact) mass is 334 g/mol. The summed E-state index contributed by atoms with van der Waals surface area (Å²) in [5.74, 6) is -0.917. The fourth-order valence-electron chi connectivity index (χ4n) is 2.86. The molecular formula is C15H18N4O5. The zero-order valence-corrected chi connectivity index (χ0v) is 13.2. The van der Waals surface area contributed by atoms with Crippen LogP contribution in [0.3, 0.4) is 0 Å². The summed E-state index contributed by atoms with van der Waals surface area (Å²) in [6.07, 6.45) is -0.316. The predicted octanol–water partition coefficient (Wildman–Crippen LogP) is 0.752. The molecule has 9 nitrogen and oxygen atoms in total. The summed E-state index contributed by atoms with van der Waals surface area (Å²) >= 11 is 0. The van der Waals surface area contributed by atoms with Crippen LogP contribution in [0.15, 0.2) is 29.5 Å². The van der Waals surface area contributed by atoms with E-state index >= 15 is 0 Å². The van der Waals surface area contributed by atoms with Gasteiger partial charge in [0.2, 0.25) is 11.5 Å². The van der Waals surface area contributed by atoms with Gasteiger partial charge in [-0.15, -0.1) is 5.01 Å². The molecule has 3 rings (SSSR count). The number of hydrazine groups is 1. The molecule has 2 aliphatic rings. The van der Waals surface area contributed by atoms with Crippen LogP contribution in [0.25, 0.3) is 0 Å². The number of hydrogen-bond acceptors (Lipinski definition) is 6. The Kier molecular flexibility index (Phi) is 4.34. The van der Waals surface area contributed by atoms with E-state index < -0.39 is 18.0 Å². The minimum absolute atomic E-state index is 0.0106. The number of benzene rings is 1. The molecule has 128 valence electrons. The Morgan fingerprint density at radius 3 is 2.54 bits per heavy atom. The van der Waals surface area contributed by atoms with E-state index in [0.29, 0.717) is 35.6 Å². The number of fused-ring (bicyclic) bond motifs is 1. The van der Waals surface area contributed by atoms with Crippen molar-refractivity contribution in [3.63, 3.8) is 0 Å². The van der Waals surface area contributed by atoms with Crippen LogP contribution in [0.5, 0.6) is 0 Å². The highest BCUT2D eigenvalue weighted by molar-refractivity contribution is 6.21. The van der Waals surface area contributed by atoms with Crippen molar-refractivity contribution in [2.75, 3.05) is 19.7 Å². The summed E-state index contributed by atoms with van der Waals surface area (Å²) < 4.78 is 0. The van der Waals surface area contributed by atoms with Gasteiger partial charge < -0.3 is 15.2 Å². The minimum atomic E-state index is -1.01. The maximum absolute atomic E-state index is 12.3. The van der Waals surface area contributed by atoms with Crippen LogP contribution in [-0.2, 0) is 4.84 Å². The number of hydrogen-bond donors (Lipinski definition) is 1. The molecule has 1 fully saturated rings. The molecule has 1 aromatic carbocycles. The van der Waals surface area contributed by atoms with Crippen molar-refractivity contribution in [3.05, 3.63) is 40.6 Å². The van der Waals surface area contributed by atoms with Crippen molar-refractivity contribution < 1.29 is 24.5 Å². The molecule has 1 N–H and O–H groups in total. The topological polar surface area (TPSA) is 109 Å². The third-order valence-corrected chi connectivity index (χ3v) is 4.22. The Morgan fingerprint density at radius 1 is 1.38 bits per heavy atom. The van der Waals surface area contributed by atoms with Crippen LogP contribution in [0.4, 0.5) is 0 Å². The Bertz CT molecular complexity index is 657. The second-order valence-corrected chi connectivity index (χ2v) is 5.81. The van der Waals surface area contributed by atoms with E-state index in [9.17, 15) is 14.8 Å². The highest BCUT2D eigenvalue weighted by Gasteiger charge is 2.39. The van der Waals surface area contributed by atoms with Crippen LogP contribution in [0.1, 0.15) is 34.1 Å². The summed E-state index contributed by atoms with van der Waals surface area (Å²) in [5, 5.41) is 25.8. The minimum Gasteiger partial charge on any atom is -0.569 e. The lowest BCUT2D eigenvalue weighted by atomic mass is 10.1. The average molecular weight is 334 g/mol. The van der Waals surface area contributed by atoms with Gasteiger partial charge in [0.05, 0.1) is 29.2 Å².